The Morgan fingerprint density at radius 2 is 2.03 bits per heavy atom. The molecule has 0 radical (unpaired) electrons. The van der Waals surface area contributed by atoms with E-state index in [0.717, 1.165) is 18.2 Å². The van der Waals surface area contributed by atoms with Crippen molar-refractivity contribution in [1.29, 1.82) is 0 Å². The first-order chi connectivity index (χ1) is 14.9. The van der Waals surface area contributed by atoms with Gasteiger partial charge in [0.15, 0.2) is 0 Å². The van der Waals surface area contributed by atoms with Crippen molar-refractivity contribution in [2.45, 2.75) is 30.4 Å². The lowest BCUT2D eigenvalue weighted by Gasteiger charge is -2.25. The molecule has 1 fully saturated rings. The number of nitrogens with one attached hydrogen (secondary N) is 1. The fourth-order valence-corrected chi connectivity index (χ4v) is 5.66. The Hall–Kier alpha value is -2.39. The smallest absolute Gasteiger partial charge is 0.252 e. The van der Waals surface area contributed by atoms with Gasteiger partial charge in [0, 0.05) is 36.2 Å². The lowest BCUT2D eigenvalue weighted by molar-refractivity contribution is 0.0925. The van der Waals surface area contributed by atoms with Crippen LogP contribution in [0, 0.1) is 0 Å². The van der Waals surface area contributed by atoms with E-state index >= 15 is 0 Å². The van der Waals surface area contributed by atoms with Crippen molar-refractivity contribution < 1.29 is 17.9 Å². The number of hydrogen-bond acceptors (Lipinski definition) is 5. The quantitative estimate of drug-likeness (QED) is 0.580. The highest BCUT2D eigenvalue weighted by Gasteiger charge is 2.31. The number of nitrogens with zero attached hydrogens (tertiary/aromatic N) is 1. The number of aromatic nitrogens is 1. The van der Waals surface area contributed by atoms with E-state index in [2.05, 4.69) is 4.98 Å². The highest BCUT2D eigenvalue weighted by atomic mass is 35.5. The summed E-state index contributed by atoms with van der Waals surface area (Å²) in [6, 6.07) is 13.3. The Morgan fingerprint density at radius 1 is 1.23 bits per heavy atom. The molecule has 2 aromatic carbocycles. The molecule has 1 aromatic heterocycles. The first-order valence-corrected chi connectivity index (χ1v) is 11.8. The van der Waals surface area contributed by atoms with Crippen LogP contribution in [0.3, 0.4) is 0 Å². The van der Waals surface area contributed by atoms with E-state index < -0.39 is 10.0 Å². The summed E-state index contributed by atoms with van der Waals surface area (Å²) in [6.45, 7) is 0.639. The van der Waals surface area contributed by atoms with Crippen LogP contribution in [-0.4, -0.2) is 44.1 Å². The van der Waals surface area contributed by atoms with Crippen molar-refractivity contribution in [1.82, 2.24) is 9.29 Å². The molecular weight excluding hydrogens is 440 g/mol. The van der Waals surface area contributed by atoms with E-state index in [1.165, 1.54) is 16.4 Å². The van der Waals surface area contributed by atoms with Gasteiger partial charge in [0.25, 0.3) is 5.56 Å². The second-order valence-electron chi connectivity index (χ2n) is 7.44. The van der Waals surface area contributed by atoms with Crippen molar-refractivity contribution in [2.75, 3.05) is 20.3 Å². The largest absolute Gasteiger partial charge is 0.497 e. The third kappa shape index (κ3) is 4.62. The molecule has 31 heavy (non-hydrogen) atoms. The Labute approximate surface area is 185 Å². The lowest BCUT2D eigenvalue weighted by atomic mass is 10.1. The second kappa shape index (κ2) is 9.00. The number of fused-ring (bicyclic) bond motifs is 1. The first-order valence-electron chi connectivity index (χ1n) is 9.95. The number of aromatic amines is 1. The summed E-state index contributed by atoms with van der Waals surface area (Å²) in [4.78, 5) is 15.6. The molecule has 1 aliphatic rings. The molecule has 164 valence electrons. The number of benzene rings is 2. The van der Waals surface area contributed by atoms with Gasteiger partial charge in [-0.3, -0.25) is 4.79 Å². The number of pyridine rings is 1. The summed E-state index contributed by atoms with van der Waals surface area (Å²) in [5.74, 6) is 0.644. The van der Waals surface area contributed by atoms with Crippen molar-refractivity contribution in [3.8, 4) is 5.75 Å². The van der Waals surface area contributed by atoms with Gasteiger partial charge in [-0.2, -0.15) is 4.31 Å². The van der Waals surface area contributed by atoms with Crippen LogP contribution in [0.15, 0.2) is 58.2 Å². The Morgan fingerprint density at radius 3 is 2.74 bits per heavy atom. The third-order valence-corrected chi connectivity index (χ3v) is 7.67. The first kappa shape index (κ1) is 21.8. The summed E-state index contributed by atoms with van der Waals surface area (Å²) >= 11 is 6.20. The topological polar surface area (TPSA) is 88.7 Å². The molecule has 0 aliphatic carbocycles. The third-order valence-electron chi connectivity index (χ3n) is 5.36. The number of hydrogen-bond donors (Lipinski definition) is 1. The maximum Gasteiger partial charge on any atom is 0.252 e. The van der Waals surface area contributed by atoms with Gasteiger partial charge in [-0.25, -0.2) is 8.42 Å². The summed E-state index contributed by atoms with van der Waals surface area (Å²) in [5, 5.41) is 0.887. The average Bonchev–Trinajstić information content (AvgIpc) is 3.27. The molecule has 0 unspecified atom stereocenters. The number of ether oxygens (including phenoxy) is 2. The molecule has 0 bridgehead atoms. The lowest BCUT2D eigenvalue weighted by Crippen LogP contribution is -2.38. The molecule has 2 heterocycles. The van der Waals surface area contributed by atoms with Gasteiger partial charge in [0.2, 0.25) is 10.0 Å². The summed E-state index contributed by atoms with van der Waals surface area (Å²) < 4.78 is 39.2. The van der Waals surface area contributed by atoms with Gasteiger partial charge < -0.3 is 14.5 Å². The molecule has 1 N–H and O–H groups in total. The zero-order valence-electron chi connectivity index (χ0n) is 17.0. The van der Waals surface area contributed by atoms with Crippen LogP contribution in [0.4, 0.5) is 0 Å². The molecule has 0 saturated carbocycles. The predicted molar refractivity (Wildman–Crippen MR) is 119 cm³/mol. The molecule has 1 atom stereocenters. The van der Waals surface area contributed by atoms with Crippen molar-refractivity contribution in [3.05, 3.63) is 69.5 Å². The molecule has 3 aromatic rings. The standard InChI is InChI=1S/C22H23ClN2O5S/c1-29-17-8-9-20-15(12-17)11-16(22(26)24-20)13-25(14-18-5-4-10-30-18)31(27,28)21-7-3-2-6-19(21)23/h2-3,6-9,11-12,18H,4-5,10,13-14H2,1H3,(H,24,26)/t18-/m0/s1. The van der Waals surface area contributed by atoms with Gasteiger partial charge >= 0.3 is 0 Å². The molecule has 1 aliphatic heterocycles. The molecular formula is C22H23ClN2O5S. The van der Waals surface area contributed by atoms with Gasteiger partial charge in [-0.15, -0.1) is 0 Å². The van der Waals surface area contributed by atoms with Crippen LogP contribution >= 0.6 is 11.6 Å². The molecule has 9 heteroatoms. The van der Waals surface area contributed by atoms with Gasteiger partial charge in [0.05, 0.1) is 18.2 Å². The van der Waals surface area contributed by atoms with E-state index in [9.17, 15) is 13.2 Å². The molecule has 0 spiro atoms. The van der Waals surface area contributed by atoms with E-state index in [-0.39, 0.29) is 34.7 Å². The number of methoxy groups -OCH3 is 1. The maximum atomic E-state index is 13.5. The number of sulfonamides is 1. The monoisotopic (exact) mass is 462 g/mol. The van der Waals surface area contributed by atoms with Crippen molar-refractivity contribution in [2.24, 2.45) is 0 Å². The minimum atomic E-state index is -3.96. The summed E-state index contributed by atoms with van der Waals surface area (Å²) in [7, 11) is -2.39. The highest BCUT2D eigenvalue weighted by Crippen LogP contribution is 2.27. The van der Waals surface area contributed by atoms with Crippen LogP contribution in [0.2, 0.25) is 5.02 Å². The van der Waals surface area contributed by atoms with Crippen molar-refractivity contribution >= 4 is 32.5 Å². The number of H-pyrrole nitrogens is 1. The summed E-state index contributed by atoms with van der Waals surface area (Å²) in [6.07, 6.45) is 1.41. The van der Waals surface area contributed by atoms with Crippen LogP contribution < -0.4 is 10.3 Å². The zero-order valence-corrected chi connectivity index (χ0v) is 18.6. The van der Waals surface area contributed by atoms with Crippen LogP contribution in [-0.2, 0) is 21.3 Å². The average molecular weight is 463 g/mol. The molecule has 1 saturated heterocycles. The SMILES string of the molecule is COc1ccc2[nH]c(=O)c(CN(C[C@@H]3CCCO3)S(=O)(=O)c3ccccc3Cl)cc2c1. The fraction of sp³-hybridized carbons (Fsp3) is 0.318. The van der Waals surface area contributed by atoms with Gasteiger partial charge in [0.1, 0.15) is 10.6 Å². The van der Waals surface area contributed by atoms with Crippen molar-refractivity contribution in [3.63, 3.8) is 0 Å². The molecule has 4 rings (SSSR count). The van der Waals surface area contributed by atoms with E-state index in [1.807, 2.05) is 0 Å². The second-order valence-corrected chi connectivity index (χ2v) is 9.75. The zero-order chi connectivity index (χ0) is 22.0. The van der Waals surface area contributed by atoms with E-state index in [4.69, 9.17) is 21.1 Å². The fourth-order valence-electron chi connectivity index (χ4n) is 3.72. The highest BCUT2D eigenvalue weighted by molar-refractivity contribution is 7.89. The number of halogens is 1. The summed E-state index contributed by atoms with van der Waals surface area (Å²) in [5.41, 5.74) is 0.632. The van der Waals surface area contributed by atoms with E-state index in [0.29, 0.717) is 23.4 Å². The minimum Gasteiger partial charge on any atom is -0.497 e. The molecule has 7 nitrogen and oxygen atoms in total. The van der Waals surface area contributed by atoms with E-state index in [1.54, 1.807) is 43.5 Å². The van der Waals surface area contributed by atoms with Gasteiger partial charge in [-0.1, -0.05) is 23.7 Å². The van der Waals surface area contributed by atoms with Crippen LogP contribution in [0.25, 0.3) is 10.9 Å². The Kier molecular flexibility index (Phi) is 6.34. The van der Waals surface area contributed by atoms with Crippen LogP contribution in [0.1, 0.15) is 18.4 Å². The predicted octanol–water partition coefficient (Wildman–Crippen LogP) is 3.56. The normalized spacial score (nSPS) is 16.8. The van der Waals surface area contributed by atoms with Gasteiger partial charge in [-0.05, 0) is 49.2 Å². The Balaban J connectivity index is 1.75. The Bertz CT molecular complexity index is 1250. The maximum absolute atomic E-state index is 13.5. The minimum absolute atomic E-state index is 0.00792. The number of rotatable bonds is 7. The van der Waals surface area contributed by atoms with Crippen LogP contribution in [0.5, 0.6) is 5.75 Å². The molecule has 0 amide bonds.